The molecule has 0 saturated heterocycles. The summed E-state index contributed by atoms with van der Waals surface area (Å²) in [5.41, 5.74) is 1.07. The van der Waals surface area contributed by atoms with Crippen molar-refractivity contribution in [2.75, 3.05) is 6.26 Å². The molecule has 0 atom stereocenters. The van der Waals surface area contributed by atoms with Crippen LogP contribution in [-0.2, 0) is 21.1 Å². The number of rotatable bonds is 1. The fourth-order valence-electron chi connectivity index (χ4n) is 1.54. The summed E-state index contributed by atoms with van der Waals surface area (Å²) in [5.74, 6) is 0. The molecule has 0 spiro atoms. The molecule has 0 amide bonds. The van der Waals surface area contributed by atoms with Crippen LogP contribution in [0.25, 0.3) is 11.2 Å². The van der Waals surface area contributed by atoms with Crippen molar-refractivity contribution in [3.63, 3.8) is 0 Å². The van der Waals surface area contributed by atoms with Gasteiger partial charge in [0, 0.05) is 12.3 Å². The minimum absolute atomic E-state index is 0.0695. The van der Waals surface area contributed by atoms with Crippen molar-refractivity contribution < 1.29 is 4.68 Å². The SMILES string of the molecule is CSc1nc2c(c(=O)n1C)n(C)n[n+]2C. The first-order chi connectivity index (χ1) is 7.06. The first-order valence-electron chi connectivity index (χ1n) is 4.40. The third-order valence-corrected chi connectivity index (χ3v) is 3.02. The van der Waals surface area contributed by atoms with Gasteiger partial charge < -0.3 is 0 Å². The highest BCUT2D eigenvalue weighted by molar-refractivity contribution is 7.98. The van der Waals surface area contributed by atoms with Gasteiger partial charge in [0.05, 0.1) is 14.1 Å². The van der Waals surface area contributed by atoms with Crippen molar-refractivity contribution in [1.29, 1.82) is 0 Å². The van der Waals surface area contributed by atoms with E-state index in [1.54, 1.807) is 30.5 Å². The predicted molar refractivity (Wildman–Crippen MR) is 56.7 cm³/mol. The van der Waals surface area contributed by atoms with Crippen LogP contribution in [0.4, 0.5) is 0 Å². The Morgan fingerprint density at radius 2 is 2.07 bits per heavy atom. The fraction of sp³-hybridized carbons (Fsp3) is 0.500. The second kappa shape index (κ2) is 3.34. The molecule has 2 heterocycles. The van der Waals surface area contributed by atoms with Crippen LogP contribution in [0, 0.1) is 0 Å². The number of hydrogen-bond acceptors (Lipinski definition) is 4. The van der Waals surface area contributed by atoms with E-state index in [9.17, 15) is 4.79 Å². The largest absolute Gasteiger partial charge is 0.331 e. The Balaban J connectivity index is 3.00. The third kappa shape index (κ3) is 1.34. The van der Waals surface area contributed by atoms with Gasteiger partial charge in [-0.05, 0) is 6.26 Å². The molecule has 0 N–H and O–H groups in total. The van der Waals surface area contributed by atoms with E-state index >= 15 is 0 Å². The van der Waals surface area contributed by atoms with Gasteiger partial charge in [-0.2, -0.15) is 4.68 Å². The lowest BCUT2D eigenvalue weighted by Gasteiger charge is -1.98. The highest BCUT2D eigenvalue weighted by Gasteiger charge is 2.21. The standard InChI is InChI=1S/C8H12N5OS/c1-11-7(14)5-6(9-8(11)15-4)13(3)10-12(5)2/h1-4H3/q+1. The fourth-order valence-corrected chi connectivity index (χ4v) is 2.07. The molecule has 15 heavy (non-hydrogen) atoms. The van der Waals surface area contributed by atoms with Gasteiger partial charge in [-0.3, -0.25) is 9.36 Å². The van der Waals surface area contributed by atoms with Crippen molar-refractivity contribution in [2.45, 2.75) is 5.16 Å². The predicted octanol–water partition coefficient (Wildman–Crippen LogP) is -0.787. The molecular formula is C8H12N5OS+. The molecule has 0 aliphatic rings. The smallest absolute Gasteiger partial charge is 0.274 e. The number of nitrogens with zero attached hydrogens (tertiary/aromatic N) is 5. The van der Waals surface area contributed by atoms with Crippen LogP contribution in [0.5, 0.6) is 0 Å². The second-order valence-electron chi connectivity index (χ2n) is 3.27. The van der Waals surface area contributed by atoms with Crippen LogP contribution in [0.15, 0.2) is 9.95 Å². The van der Waals surface area contributed by atoms with Gasteiger partial charge in [-0.25, -0.2) is 0 Å². The molecule has 0 saturated carbocycles. The number of aromatic nitrogens is 5. The molecule has 7 heteroatoms. The molecule has 0 fully saturated rings. The van der Waals surface area contributed by atoms with Gasteiger partial charge in [0.2, 0.25) is 5.16 Å². The van der Waals surface area contributed by atoms with E-state index in [-0.39, 0.29) is 5.56 Å². The van der Waals surface area contributed by atoms with E-state index in [2.05, 4.69) is 10.2 Å². The Morgan fingerprint density at radius 3 is 2.67 bits per heavy atom. The molecule has 0 aliphatic carbocycles. The summed E-state index contributed by atoms with van der Waals surface area (Å²) >= 11 is 1.44. The van der Waals surface area contributed by atoms with Crippen LogP contribution < -0.4 is 10.2 Å². The molecule has 0 aromatic carbocycles. The Labute approximate surface area is 90.5 Å². The highest BCUT2D eigenvalue weighted by Crippen LogP contribution is 2.10. The van der Waals surface area contributed by atoms with Crippen LogP contribution >= 0.6 is 11.8 Å². The summed E-state index contributed by atoms with van der Waals surface area (Å²) in [6.45, 7) is 0. The van der Waals surface area contributed by atoms with Gasteiger partial charge >= 0.3 is 11.2 Å². The first-order valence-corrected chi connectivity index (χ1v) is 5.62. The van der Waals surface area contributed by atoms with Crippen molar-refractivity contribution in [2.24, 2.45) is 21.1 Å². The molecule has 2 aromatic rings. The van der Waals surface area contributed by atoms with Crippen LogP contribution in [0.3, 0.4) is 0 Å². The zero-order valence-corrected chi connectivity index (χ0v) is 9.87. The molecule has 80 valence electrons. The van der Waals surface area contributed by atoms with Crippen LogP contribution in [0.2, 0.25) is 0 Å². The number of aryl methyl sites for hydroxylation is 2. The van der Waals surface area contributed by atoms with Crippen molar-refractivity contribution in [3.05, 3.63) is 10.4 Å². The van der Waals surface area contributed by atoms with E-state index < -0.39 is 0 Å². The monoisotopic (exact) mass is 226 g/mol. The summed E-state index contributed by atoms with van der Waals surface area (Å²) < 4.78 is 4.69. The van der Waals surface area contributed by atoms with Crippen LogP contribution in [-0.4, -0.2) is 25.7 Å². The minimum Gasteiger partial charge on any atom is -0.274 e. The van der Waals surface area contributed by atoms with E-state index in [0.29, 0.717) is 16.3 Å². The molecule has 2 rings (SSSR count). The summed E-state index contributed by atoms with van der Waals surface area (Å²) in [5, 5.41) is 4.81. The third-order valence-electron chi connectivity index (χ3n) is 2.29. The second-order valence-corrected chi connectivity index (χ2v) is 4.04. The Bertz CT molecular complexity index is 585. The lowest BCUT2D eigenvalue weighted by molar-refractivity contribution is -0.710. The van der Waals surface area contributed by atoms with E-state index in [4.69, 9.17) is 0 Å². The van der Waals surface area contributed by atoms with Gasteiger partial charge in [0.15, 0.2) is 0 Å². The summed E-state index contributed by atoms with van der Waals surface area (Å²) in [7, 11) is 5.23. The zero-order chi connectivity index (χ0) is 11.2. The van der Waals surface area contributed by atoms with Gasteiger partial charge in [0.25, 0.3) is 5.52 Å². The van der Waals surface area contributed by atoms with Gasteiger partial charge in [0.1, 0.15) is 0 Å². The van der Waals surface area contributed by atoms with Crippen molar-refractivity contribution in [3.8, 4) is 0 Å². The maximum Gasteiger partial charge on any atom is 0.331 e. The number of hydrogen-bond donors (Lipinski definition) is 0. The molecule has 0 bridgehead atoms. The number of thioether (sulfide) groups is 1. The Kier molecular flexibility index (Phi) is 2.26. The van der Waals surface area contributed by atoms with Crippen LogP contribution in [0.1, 0.15) is 0 Å². The summed E-state index contributed by atoms with van der Waals surface area (Å²) in [6, 6.07) is 0. The molecule has 0 radical (unpaired) electrons. The lowest BCUT2D eigenvalue weighted by atomic mass is 10.5. The first kappa shape index (κ1) is 10.2. The Hall–Kier alpha value is -1.37. The van der Waals surface area contributed by atoms with Crippen molar-refractivity contribution in [1.82, 2.24) is 19.4 Å². The maximum atomic E-state index is 12.0. The molecule has 6 nitrogen and oxygen atoms in total. The van der Waals surface area contributed by atoms with Crippen molar-refractivity contribution >= 4 is 22.9 Å². The normalized spacial score (nSPS) is 11.2. The topological polar surface area (TPSA) is 56.6 Å². The quantitative estimate of drug-likeness (QED) is 0.363. The van der Waals surface area contributed by atoms with Gasteiger partial charge in [-0.15, -0.1) is 4.68 Å². The zero-order valence-electron chi connectivity index (χ0n) is 9.05. The van der Waals surface area contributed by atoms with E-state index in [1.165, 1.54) is 16.3 Å². The summed E-state index contributed by atoms with van der Waals surface area (Å²) in [4.78, 5) is 16.4. The average Bonchev–Trinajstić information content (AvgIpc) is 2.47. The lowest BCUT2D eigenvalue weighted by Crippen LogP contribution is -2.33. The highest BCUT2D eigenvalue weighted by atomic mass is 32.2. The molecule has 0 unspecified atom stereocenters. The van der Waals surface area contributed by atoms with E-state index in [1.807, 2.05) is 6.26 Å². The van der Waals surface area contributed by atoms with Gasteiger partial charge in [-0.1, -0.05) is 16.7 Å². The molecule has 0 aliphatic heterocycles. The molecular weight excluding hydrogens is 214 g/mol. The minimum atomic E-state index is -0.0695. The number of fused-ring (bicyclic) bond motifs is 1. The maximum absolute atomic E-state index is 12.0. The average molecular weight is 226 g/mol. The summed E-state index contributed by atoms with van der Waals surface area (Å²) in [6.07, 6.45) is 1.89. The molecule has 2 aromatic heterocycles. The van der Waals surface area contributed by atoms with E-state index in [0.717, 1.165) is 0 Å². The Morgan fingerprint density at radius 1 is 1.40 bits per heavy atom.